The van der Waals surface area contributed by atoms with Crippen LogP contribution >= 0.6 is 9.39 Å². The Bertz CT molecular complexity index is 2060. The number of nitrogens with zero attached hydrogens (tertiary/aromatic N) is 3. The number of nitrogens with one attached hydrogen (secondary N) is 4. The highest BCUT2D eigenvalue weighted by molar-refractivity contribution is 8.25. The van der Waals surface area contributed by atoms with Crippen LogP contribution in [-0.2, 0) is 6.54 Å². The third-order valence-electron chi connectivity index (χ3n) is 7.37. The van der Waals surface area contributed by atoms with Crippen molar-refractivity contribution in [2.45, 2.75) is 54.5 Å². The van der Waals surface area contributed by atoms with Gasteiger partial charge in [0.2, 0.25) is 0 Å². The van der Waals surface area contributed by atoms with Crippen molar-refractivity contribution in [2.24, 2.45) is 5.92 Å². The van der Waals surface area contributed by atoms with Gasteiger partial charge in [-0.25, -0.2) is 4.39 Å². The average Bonchev–Trinajstić information content (AvgIpc) is 3.63. The maximum absolute atomic E-state index is 14.9. The van der Waals surface area contributed by atoms with Crippen molar-refractivity contribution in [3.63, 3.8) is 0 Å². The van der Waals surface area contributed by atoms with Crippen LogP contribution in [0.3, 0.4) is 0 Å². The zero-order chi connectivity index (χ0) is 35.0. The summed E-state index contributed by atoms with van der Waals surface area (Å²) in [4.78, 5) is 12.7. The molecule has 0 bridgehead atoms. The molecule has 0 aliphatic rings. The Hall–Kier alpha value is -4.73. The average molecular weight is 666 g/mol. The number of allylic oxidation sites excluding steroid dienone is 4. The number of fused-ring (bicyclic) bond motifs is 1. The molecule has 0 unspecified atom stereocenters. The Morgan fingerprint density at radius 3 is 2.54 bits per heavy atom. The van der Waals surface area contributed by atoms with E-state index in [0.29, 0.717) is 12.5 Å². The zero-order valence-electron chi connectivity index (χ0n) is 29.2. The van der Waals surface area contributed by atoms with Gasteiger partial charge in [0.25, 0.3) is 0 Å². The van der Waals surface area contributed by atoms with Gasteiger partial charge in [0.1, 0.15) is 11.5 Å². The van der Waals surface area contributed by atoms with E-state index in [4.69, 9.17) is 0 Å². The van der Waals surface area contributed by atoms with Gasteiger partial charge in [0.05, 0.1) is 35.0 Å². The molecule has 0 aliphatic carbocycles. The minimum Gasteiger partial charge on any atom is -0.358 e. The molecule has 1 aromatic carbocycles. The van der Waals surface area contributed by atoms with Gasteiger partial charge >= 0.3 is 0 Å². The molecule has 0 saturated heterocycles. The van der Waals surface area contributed by atoms with Crippen LogP contribution in [0, 0.1) is 18.7 Å². The number of aryl methyl sites for hydroxylation is 1. The van der Waals surface area contributed by atoms with Gasteiger partial charge in [0.15, 0.2) is 0 Å². The lowest BCUT2D eigenvalue weighted by Gasteiger charge is -2.13. The summed E-state index contributed by atoms with van der Waals surface area (Å²) in [6.45, 7) is 16.9. The largest absolute Gasteiger partial charge is 0.358 e. The van der Waals surface area contributed by atoms with Gasteiger partial charge < -0.3 is 10.3 Å². The molecular weight excluding hydrogens is 618 g/mol. The fraction of sp³-hybridized carbons (Fsp3) is 0.256. The van der Waals surface area contributed by atoms with Crippen LogP contribution in [-0.4, -0.2) is 43.1 Å². The van der Waals surface area contributed by atoms with Gasteiger partial charge in [-0.05, 0) is 85.5 Å². The molecule has 252 valence electrons. The smallest absolute Gasteiger partial charge is 0.124 e. The number of halogens is 1. The van der Waals surface area contributed by atoms with Crippen LogP contribution < -0.4 is 10.0 Å². The van der Waals surface area contributed by atoms with Crippen LogP contribution in [0.4, 0.5) is 10.1 Å². The molecule has 9 heteroatoms. The Morgan fingerprint density at radius 1 is 1.06 bits per heavy atom. The van der Waals surface area contributed by atoms with Crippen LogP contribution in [0.25, 0.3) is 39.1 Å². The molecule has 5 rings (SSSR count). The van der Waals surface area contributed by atoms with E-state index in [1.165, 1.54) is 0 Å². The Labute approximate surface area is 285 Å². The molecule has 0 fully saturated rings. The first-order chi connectivity index (χ1) is 22.9. The number of benzene rings is 1. The summed E-state index contributed by atoms with van der Waals surface area (Å²) in [6, 6.07) is 11.3. The number of aromatic amines is 2. The SMILES string of the molecule is C=C(CC(C)C)Nc1cncc(-c2cc3c(-c4cc(/C(=C\C=C/C)c5cc(F)cc(CNS(=C)(=C)C)c5)c(C)[nH]4)n[nH]c3cn2)c1.CC. The molecule has 48 heavy (non-hydrogen) atoms. The van der Waals surface area contributed by atoms with E-state index in [9.17, 15) is 4.39 Å². The molecule has 0 spiro atoms. The second kappa shape index (κ2) is 15.9. The number of rotatable bonds is 12. The standard InChI is InChI=1S/C37H42FN7S.C2H6/c1-9-10-11-31(27-13-26(14-29(38)15-27)19-41-46(6,7)8)32-17-35(43-25(32)5)37-33-18-34(40-22-36(33)44-45-37)28-16-30(21-39-20-28)42-24(4)12-23(2)3;1-2/h9-11,13-18,20-23,41-43H,4,6-7,12,19H2,1-3,5,8H3,(H,44,45);1-2H3/b10-9-,31-11-;. The second-order valence-electron chi connectivity index (χ2n) is 12.2. The predicted octanol–water partition coefficient (Wildman–Crippen LogP) is 9.77. The first-order valence-electron chi connectivity index (χ1n) is 16.2. The van der Waals surface area contributed by atoms with Crippen molar-refractivity contribution in [2.75, 3.05) is 11.6 Å². The number of H-pyrrole nitrogens is 2. The molecule has 0 aliphatic heterocycles. The molecule has 5 aromatic rings. The summed E-state index contributed by atoms with van der Waals surface area (Å²) in [5.74, 6) is 8.37. The number of hydrogen-bond acceptors (Lipinski definition) is 5. The summed E-state index contributed by atoms with van der Waals surface area (Å²) in [5.41, 5.74) is 10.3. The van der Waals surface area contributed by atoms with Gasteiger partial charge in [-0.3, -0.25) is 19.8 Å². The number of aromatic nitrogens is 5. The molecular formula is C39H48FN7S. The molecule has 0 radical (unpaired) electrons. The minimum atomic E-state index is -1.44. The van der Waals surface area contributed by atoms with Crippen molar-refractivity contribution in [1.82, 2.24) is 29.9 Å². The molecule has 0 atom stereocenters. The van der Waals surface area contributed by atoms with E-state index in [1.54, 1.807) is 30.7 Å². The monoisotopic (exact) mass is 665 g/mol. The van der Waals surface area contributed by atoms with Crippen LogP contribution in [0.5, 0.6) is 0 Å². The van der Waals surface area contributed by atoms with Crippen molar-refractivity contribution < 1.29 is 4.39 Å². The van der Waals surface area contributed by atoms with E-state index in [-0.39, 0.29) is 5.82 Å². The normalized spacial score (nSPS) is 12.1. The maximum atomic E-state index is 14.9. The lowest BCUT2D eigenvalue weighted by molar-refractivity contribution is 0.624. The van der Waals surface area contributed by atoms with Gasteiger partial charge in [-0.15, -0.1) is 0 Å². The summed E-state index contributed by atoms with van der Waals surface area (Å²) in [5, 5.41) is 12.1. The van der Waals surface area contributed by atoms with Crippen molar-refractivity contribution in [3.05, 3.63) is 114 Å². The third kappa shape index (κ3) is 9.20. The highest BCUT2D eigenvalue weighted by atomic mass is 32.2. The summed E-state index contributed by atoms with van der Waals surface area (Å²) in [7, 11) is -1.44. The van der Waals surface area contributed by atoms with E-state index in [2.05, 4.69) is 73.4 Å². The molecule has 4 heterocycles. The highest BCUT2D eigenvalue weighted by Gasteiger charge is 2.18. The predicted molar refractivity (Wildman–Crippen MR) is 208 cm³/mol. The molecule has 0 amide bonds. The van der Waals surface area contributed by atoms with Crippen molar-refractivity contribution >= 4 is 43.3 Å². The van der Waals surface area contributed by atoms with Crippen LogP contribution in [0.15, 0.2) is 85.5 Å². The number of anilines is 1. The van der Waals surface area contributed by atoms with Gasteiger partial charge in [-0.1, -0.05) is 64.2 Å². The minimum absolute atomic E-state index is 0.296. The van der Waals surface area contributed by atoms with Crippen molar-refractivity contribution in [3.8, 4) is 22.6 Å². The maximum Gasteiger partial charge on any atom is 0.124 e. The first kappa shape index (κ1) is 36.1. The summed E-state index contributed by atoms with van der Waals surface area (Å²) < 4.78 is 18.3. The van der Waals surface area contributed by atoms with Crippen LogP contribution in [0.2, 0.25) is 0 Å². The van der Waals surface area contributed by atoms with E-state index in [0.717, 1.165) is 79.3 Å². The second-order valence-corrected chi connectivity index (χ2v) is 15.1. The van der Waals surface area contributed by atoms with Crippen molar-refractivity contribution in [1.29, 1.82) is 0 Å². The van der Waals surface area contributed by atoms with E-state index >= 15 is 0 Å². The Balaban J connectivity index is 0.00000255. The fourth-order valence-electron chi connectivity index (χ4n) is 5.34. The summed E-state index contributed by atoms with van der Waals surface area (Å²) >= 11 is 0. The molecule has 7 nitrogen and oxygen atoms in total. The Morgan fingerprint density at radius 2 is 1.83 bits per heavy atom. The number of hydrogen-bond donors (Lipinski definition) is 4. The quantitative estimate of drug-likeness (QED) is 0.0786. The van der Waals surface area contributed by atoms with E-state index < -0.39 is 9.39 Å². The molecule has 4 aromatic heterocycles. The Kier molecular flexibility index (Phi) is 12.0. The fourth-order valence-corrected chi connectivity index (χ4v) is 5.86. The van der Waals surface area contributed by atoms with Gasteiger partial charge in [0, 0.05) is 40.6 Å². The molecule has 4 N–H and O–H groups in total. The third-order valence-corrected chi connectivity index (χ3v) is 8.21. The summed E-state index contributed by atoms with van der Waals surface area (Å²) in [6.07, 6.45) is 14.2. The van der Waals surface area contributed by atoms with Gasteiger partial charge in [-0.2, -0.15) is 14.5 Å². The first-order valence-corrected chi connectivity index (χ1v) is 18.5. The zero-order valence-corrected chi connectivity index (χ0v) is 30.0. The topological polar surface area (TPSA) is 94.3 Å². The number of pyridine rings is 2. The highest BCUT2D eigenvalue weighted by Crippen LogP contribution is 2.35. The van der Waals surface area contributed by atoms with E-state index in [1.807, 2.05) is 70.4 Å². The van der Waals surface area contributed by atoms with Crippen LogP contribution in [0.1, 0.15) is 63.4 Å². The lowest BCUT2D eigenvalue weighted by Crippen LogP contribution is -2.08. The molecule has 0 saturated carbocycles. The lowest BCUT2D eigenvalue weighted by atomic mass is 9.95.